The minimum absolute atomic E-state index is 0.0594. The minimum Gasteiger partial charge on any atom is -0.476 e. The van der Waals surface area contributed by atoms with Gasteiger partial charge < -0.3 is 19.3 Å². The molecular weight excluding hydrogens is 528 g/mol. The van der Waals surface area contributed by atoms with Crippen LogP contribution in [0, 0.1) is 5.92 Å². The summed E-state index contributed by atoms with van der Waals surface area (Å²) >= 11 is 0. The largest absolute Gasteiger partial charge is 0.476 e. The Labute approximate surface area is 249 Å². The van der Waals surface area contributed by atoms with Gasteiger partial charge in [-0.2, -0.15) is 5.10 Å². The molecule has 1 aromatic heterocycles. The summed E-state index contributed by atoms with van der Waals surface area (Å²) in [6.07, 6.45) is 5.78. The first-order valence-corrected chi connectivity index (χ1v) is 15.0. The number of hydrogen-bond donors (Lipinski definition) is 0. The van der Waals surface area contributed by atoms with Crippen molar-refractivity contribution in [1.82, 2.24) is 14.7 Å². The Kier molecular flexibility index (Phi) is 8.35. The number of nitrogens with zero attached hydrogens (tertiary/aromatic N) is 4. The van der Waals surface area contributed by atoms with Gasteiger partial charge in [-0.3, -0.25) is 9.48 Å². The molecule has 8 heteroatoms. The molecule has 1 aliphatic heterocycles. The second kappa shape index (κ2) is 11.8. The first-order valence-electron chi connectivity index (χ1n) is 15.0. The molecule has 0 N–H and O–H groups in total. The number of esters is 1. The van der Waals surface area contributed by atoms with Crippen LogP contribution in [0.2, 0.25) is 0 Å². The van der Waals surface area contributed by atoms with Crippen molar-refractivity contribution in [2.45, 2.75) is 84.1 Å². The lowest BCUT2D eigenvalue weighted by Crippen LogP contribution is -2.45. The van der Waals surface area contributed by atoms with E-state index < -0.39 is 17.2 Å². The Morgan fingerprint density at radius 3 is 2.38 bits per heavy atom. The van der Waals surface area contributed by atoms with Gasteiger partial charge in [-0.25, -0.2) is 4.79 Å². The molecule has 5 rings (SSSR count). The predicted molar refractivity (Wildman–Crippen MR) is 164 cm³/mol. The van der Waals surface area contributed by atoms with Crippen molar-refractivity contribution in [2.75, 3.05) is 18.0 Å². The summed E-state index contributed by atoms with van der Waals surface area (Å²) in [4.78, 5) is 31.0. The number of carbonyl (C=O) groups excluding carboxylic acids is 2. The molecule has 3 aromatic rings. The minimum atomic E-state index is -1.13. The van der Waals surface area contributed by atoms with Gasteiger partial charge in [0.2, 0.25) is 5.91 Å². The topological polar surface area (TPSA) is 76.9 Å². The first-order chi connectivity index (χ1) is 19.9. The number of aryl methyl sites for hydroxylation is 1. The van der Waals surface area contributed by atoms with E-state index in [2.05, 4.69) is 39.2 Å². The number of benzene rings is 2. The lowest BCUT2D eigenvalue weighted by molar-refractivity contribution is -0.170. The summed E-state index contributed by atoms with van der Waals surface area (Å²) in [5.41, 5.74) is 2.60. The van der Waals surface area contributed by atoms with Crippen LogP contribution in [-0.2, 0) is 27.9 Å². The van der Waals surface area contributed by atoms with Gasteiger partial charge in [-0.05, 0) is 89.6 Å². The molecule has 0 bridgehead atoms. The van der Waals surface area contributed by atoms with Crippen LogP contribution in [-0.4, -0.2) is 56.9 Å². The number of aromatic nitrogens is 2. The predicted octanol–water partition coefficient (Wildman–Crippen LogP) is 5.99. The lowest BCUT2D eigenvalue weighted by atomic mass is 9.95. The van der Waals surface area contributed by atoms with Gasteiger partial charge in [0.25, 0.3) is 0 Å². The van der Waals surface area contributed by atoms with Crippen molar-refractivity contribution in [1.29, 1.82) is 0 Å². The third kappa shape index (κ3) is 7.15. The van der Waals surface area contributed by atoms with Crippen molar-refractivity contribution in [3.63, 3.8) is 0 Å². The van der Waals surface area contributed by atoms with E-state index in [4.69, 9.17) is 9.47 Å². The van der Waals surface area contributed by atoms with E-state index in [-0.39, 0.29) is 11.8 Å². The normalized spacial score (nSPS) is 17.6. The molecule has 224 valence electrons. The van der Waals surface area contributed by atoms with Gasteiger partial charge in [0.05, 0.1) is 11.6 Å². The molecule has 0 radical (unpaired) electrons. The van der Waals surface area contributed by atoms with Gasteiger partial charge >= 0.3 is 5.97 Å². The Morgan fingerprint density at radius 2 is 1.74 bits per heavy atom. The average molecular weight is 573 g/mol. The SMILES string of the molecule is Cn1nccc1-c1ccc(CN(C(=O)C2CCCN(c3cccc(OC(C)(C)C(=O)OC(C)(C)C)c3)C2)C2CC2)cc1. The van der Waals surface area contributed by atoms with Gasteiger partial charge in [0, 0.05) is 50.7 Å². The van der Waals surface area contributed by atoms with Crippen molar-refractivity contribution in [3.8, 4) is 17.0 Å². The third-order valence-electron chi connectivity index (χ3n) is 7.91. The van der Waals surface area contributed by atoms with Crippen molar-refractivity contribution in [2.24, 2.45) is 13.0 Å². The zero-order valence-corrected chi connectivity index (χ0v) is 25.8. The van der Waals surface area contributed by atoms with Gasteiger partial charge in [0.15, 0.2) is 5.60 Å². The number of amides is 1. The van der Waals surface area contributed by atoms with Crippen molar-refractivity contribution in [3.05, 3.63) is 66.4 Å². The molecule has 1 unspecified atom stereocenters. The zero-order valence-electron chi connectivity index (χ0n) is 25.8. The highest BCUT2D eigenvalue weighted by molar-refractivity contribution is 5.81. The second-order valence-corrected chi connectivity index (χ2v) is 13.1. The molecule has 1 saturated carbocycles. The molecule has 2 aliphatic rings. The highest BCUT2D eigenvalue weighted by atomic mass is 16.6. The van der Waals surface area contributed by atoms with Crippen molar-refractivity contribution < 1.29 is 19.1 Å². The molecule has 2 heterocycles. The highest BCUT2D eigenvalue weighted by Gasteiger charge is 2.38. The number of rotatable bonds is 9. The van der Waals surface area contributed by atoms with Crippen LogP contribution >= 0.6 is 0 Å². The number of ether oxygens (including phenoxy) is 2. The zero-order chi connectivity index (χ0) is 30.1. The Hall–Kier alpha value is -3.81. The molecule has 2 aromatic carbocycles. The number of anilines is 1. The number of piperidine rings is 1. The highest BCUT2D eigenvalue weighted by Crippen LogP contribution is 2.34. The summed E-state index contributed by atoms with van der Waals surface area (Å²) in [5.74, 6) is 0.383. The molecule has 1 aliphatic carbocycles. The molecular formula is C34H44N4O4. The lowest BCUT2D eigenvalue weighted by Gasteiger charge is -2.37. The van der Waals surface area contributed by atoms with Crippen LogP contribution < -0.4 is 9.64 Å². The molecule has 42 heavy (non-hydrogen) atoms. The Morgan fingerprint density at radius 1 is 1.00 bits per heavy atom. The second-order valence-electron chi connectivity index (χ2n) is 13.1. The smallest absolute Gasteiger partial charge is 0.350 e. The number of hydrogen-bond acceptors (Lipinski definition) is 6. The summed E-state index contributed by atoms with van der Waals surface area (Å²) in [7, 11) is 1.94. The van der Waals surface area contributed by atoms with Crippen LogP contribution in [0.4, 0.5) is 5.69 Å². The average Bonchev–Trinajstić information content (AvgIpc) is 3.70. The summed E-state index contributed by atoms with van der Waals surface area (Å²) in [5, 5.41) is 4.27. The fourth-order valence-electron chi connectivity index (χ4n) is 5.54. The summed E-state index contributed by atoms with van der Waals surface area (Å²) in [6.45, 7) is 11.2. The standard InChI is InChI=1S/C34H44N4O4/c1-33(2,3)42-32(40)34(4,5)41-29-11-7-10-28(21-29)37-20-8-9-26(23-37)31(39)38(27-16-17-27)22-24-12-14-25(15-13-24)30-18-19-35-36(30)6/h7,10-15,18-19,21,26-27H,8-9,16-17,20,22-23H2,1-6H3. The van der Waals surface area contributed by atoms with Gasteiger partial charge in [0.1, 0.15) is 11.4 Å². The van der Waals surface area contributed by atoms with Crippen LogP contribution in [0.5, 0.6) is 5.75 Å². The van der Waals surface area contributed by atoms with Crippen LogP contribution in [0.25, 0.3) is 11.3 Å². The van der Waals surface area contributed by atoms with Gasteiger partial charge in [-0.15, -0.1) is 0 Å². The maximum atomic E-state index is 13.9. The Balaban J connectivity index is 1.24. The maximum Gasteiger partial charge on any atom is 0.350 e. The Bertz CT molecular complexity index is 1400. The van der Waals surface area contributed by atoms with E-state index in [0.29, 0.717) is 24.9 Å². The molecule has 8 nitrogen and oxygen atoms in total. The third-order valence-corrected chi connectivity index (χ3v) is 7.91. The molecule has 1 amide bonds. The van der Waals surface area contributed by atoms with E-state index in [1.807, 2.05) is 62.8 Å². The van der Waals surface area contributed by atoms with E-state index in [9.17, 15) is 9.59 Å². The van der Waals surface area contributed by atoms with Crippen LogP contribution in [0.3, 0.4) is 0 Å². The van der Waals surface area contributed by atoms with E-state index in [1.54, 1.807) is 20.0 Å². The molecule has 1 atom stereocenters. The first kappa shape index (κ1) is 29.7. The summed E-state index contributed by atoms with van der Waals surface area (Å²) < 4.78 is 13.5. The van der Waals surface area contributed by atoms with E-state index >= 15 is 0 Å². The fourth-order valence-corrected chi connectivity index (χ4v) is 5.54. The van der Waals surface area contributed by atoms with E-state index in [0.717, 1.165) is 54.7 Å². The quantitative estimate of drug-likeness (QED) is 0.293. The fraction of sp³-hybridized carbons (Fsp3) is 0.500. The maximum absolute atomic E-state index is 13.9. The van der Waals surface area contributed by atoms with Crippen molar-refractivity contribution >= 4 is 17.6 Å². The molecule has 0 spiro atoms. The van der Waals surface area contributed by atoms with E-state index in [1.165, 1.54) is 0 Å². The molecule has 2 fully saturated rings. The molecule has 1 saturated heterocycles. The number of carbonyl (C=O) groups is 2. The monoisotopic (exact) mass is 572 g/mol. The summed E-state index contributed by atoms with van der Waals surface area (Å²) in [6, 6.07) is 18.6. The van der Waals surface area contributed by atoms with Crippen LogP contribution in [0.15, 0.2) is 60.8 Å². The van der Waals surface area contributed by atoms with Crippen LogP contribution in [0.1, 0.15) is 65.9 Å². The van der Waals surface area contributed by atoms with Gasteiger partial charge in [-0.1, -0.05) is 30.3 Å².